The lowest BCUT2D eigenvalue weighted by molar-refractivity contribution is -0.144. The van der Waals surface area contributed by atoms with Gasteiger partial charge in [-0.1, -0.05) is 24.3 Å². The van der Waals surface area contributed by atoms with Crippen molar-refractivity contribution in [2.45, 2.75) is 31.7 Å². The number of carbonyl (C=O) groups is 2. The van der Waals surface area contributed by atoms with Gasteiger partial charge in [0.2, 0.25) is 5.91 Å². The SMILES string of the molecule is O=C(c1cc(-c2ccccn2)nc2ccccc12)N1C[C@H]2C[C@@H](C1)C1CCCC(=O)N1C2. The van der Waals surface area contributed by atoms with Gasteiger partial charge in [-0.25, -0.2) is 4.98 Å². The lowest BCUT2D eigenvalue weighted by Gasteiger charge is -2.52. The van der Waals surface area contributed by atoms with Crippen LogP contribution < -0.4 is 0 Å². The van der Waals surface area contributed by atoms with Gasteiger partial charge in [-0.15, -0.1) is 0 Å². The Hall–Kier alpha value is -3.28. The van der Waals surface area contributed by atoms with Crippen LogP contribution in [0.5, 0.6) is 0 Å². The second-order valence-corrected chi connectivity index (χ2v) is 9.36. The minimum atomic E-state index is 0.0612. The summed E-state index contributed by atoms with van der Waals surface area (Å²) in [6.07, 6.45) is 5.58. The second kappa shape index (κ2) is 7.69. The Labute approximate surface area is 187 Å². The van der Waals surface area contributed by atoms with E-state index in [1.165, 1.54) is 0 Å². The van der Waals surface area contributed by atoms with E-state index in [4.69, 9.17) is 4.98 Å². The Bertz CT molecular complexity index is 1190. The van der Waals surface area contributed by atoms with Crippen molar-refractivity contribution in [3.05, 3.63) is 60.3 Å². The van der Waals surface area contributed by atoms with Crippen LogP contribution in [0, 0.1) is 11.8 Å². The fourth-order valence-corrected chi connectivity index (χ4v) is 5.94. The number of hydrogen-bond acceptors (Lipinski definition) is 4. The van der Waals surface area contributed by atoms with Crippen molar-refractivity contribution in [1.29, 1.82) is 0 Å². The summed E-state index contributed by atoms with van der Waals surface area (Å²) in [5.41, 5.74) is 2.97. The van der Waals surface area contributed by atoms with E-state index in [1.54, 1.807) is 6.20 Å². The first-order chi connectivity index (χ1) is 15.7. The van der Waals surface area contributed by atoms with Crippen LogP contribution in [0.1, 0.15) is 36.0 Å². The van der Waals surface area contributed by atoms with Crippen LogP contribution in [-0.4, -0.2) is 57.3 Å². The Morgan fingerprint density at radius 1 is 1.00 bits per heavy atom. The molecule has 6 rings (SSSR count). The van der Waals surface area contributed by atoms with Gasteiger partial charge in [0.25, 0.3) is 5.91 Å². The van der Waals surface area contributed by atoms with Crippen molar-refractivity contribution in [2.75, 3.05) is 19.6 Å². The Morgan fingerprint density at radius 3 is 2.75 bits per heavy atom. The molecule has 6 nitrogen and oxygen atoms in total. The van der Waals surface area contributed by atoms with E-state index < -0.39 is 0 Å². The third kappa shape index (κ3) is 3.25. The summed E-state index contributed by atoms with van der Waals surface area (Å²) >= 11 is 0. The van der Waals surface area contributed by atoms with Crippen LogP contribution in [0.15, 0.2) is 54.7 Å². The number of likely N-dealkylation sites (tertiary alicyclic amines) is 1. The van der Waals surface area contributed by atoms with E-state index in [9.17, 15) is 9.59 Å². The summed E-state index contributed by atoms with van der Waals surface area (Å²) in [7, 11) is 0. The zero-order valence-electron chi connectivity index (χ0n) is 18.0. The number of piperidine rings is 3. The molecule has 0 spiro atoms. The van der Waals surface area contributed by atoms with Crippen LogP contribution >= 0.6 is 0 Å². The molecule has 2 bridgehead atoms. The standard InChI is InChI=1S/C26H26N4O2/c31-25-10-5-9-24-18-12-17(15-30(24)25)14-29(16-18)26(32)20-13-23(22-8-3-4-11-27-22)28-21-7-2-1-6-19(20)21/h1-4,6-8,11,13,17-18,24H,5,9-10,12,14-16H2/t17-,18+,24?/m1/s1. The van der Waals surface area contributed by atoms with Crippen molar-refractivity contribution in [3.8, 4) is 11.4 Å². The van der Waals surface area contributed by atoms with Gasteiger partial charge in [0.1, 0.15) is 0 Å². The van der Waals surface area contributed by atoms with Crippen LogP contribution in [0.25, 0.3) is 22.3 Å². The highest BCUT2D eigenvalue weighted by Crippen LogP contribution is 2.38. The topological polar surface area (TPSA) is 66.4 Å². The van der Waals surface area contributed by atoms with Crippen LogP contribution in [0.2, 0.25) is 0 Å². The minimum Gasteiger partial charge on any atom is -0.339 e. The highest BCUT2D eigenvalue weighted by Gasteiger charge is 2.45. The zero-order valence-corrected chi connectivity index (χ0v) is 18.0. The van der Waals surface area contributed by atoms with Gasteiger partial charge < -0.3 is 9.80 Å². The third-order valence-electron chi connectivity index (χ3n) is 7.34. The molecule has 3 aromatic rings. The van der Waals surface area contributed by atoms with Crippen molar-refractivity contribution in [2.24, 2.45) is 11.8 Å². The van der Waals surface area contributed by atoms with Crippen molar-refractivity contribution < 1.29 is 9.59 Å². The second-order valence-electron chi connectivity index (χ2n) is 9.36. The number of pyridine rings is 2. The molecule has 0 aliphatic carbocycles. The molecule has 3 fully saturated rings. The normalized spacial score (nSPS) is 25.0. The van der Waals surface area contributed by atoms with Crippen molar-refractivity contribution in [3.63, 3.8) is 0 Å². The molecule has 2 amide bonds. The van der Waals surface area contributed by atoms with E-state index >= 15 is 0 Å². The van der Waals surface area contributed by atoms with Crippen molar-refractivity contribution >= 4 is 22.7 Å². The Morgan fingerprint density at radius 2 is 1.88 bits per heavy atom. The van der Waals surface area contributed by atoms with Crippen LogP contribution in [0.3, 0.4) is 0 Å². The largest absolute Gasteiger partial charge is 0.339 e. The zero-order chi connectivity index (χ0) is 21.7. The number of fused-ring (bicyclic) bond motifs is 5. The molecule has 1 unspecified atom stereocenters. The molecule has 162 valence electrons. The van der Waals surface area contributed by atoms with E-state index in [0.29, 0.717) is 48.0 Å². The van der Waals surface area contributed by atoms with Gasteiger partial charge in [0, 0.05) is 43.7 Å². The highest BCUT2D eigenvalue weighted by molar-refractivity contribution is 6.07. The Balaban J connectivity index is 1.36. The van der Waals surface area contributed by atoms with Crippen LogP contribution in [0.4, 0.5) is 0 Å². The lowest BCUT2D eigenvalue weighted by atomic mass is 9.76. The van der Waals surface area contributed by atoms with Gasteiger partial charge in [0.05, 0.1) is 22.5 Å². The average molecular weight is 427 g/mol. The van der Waals surface area contributed by atoms with E-state index in [-0.39, 0.29) is 5.91 Å². The van der Waals surface area contributed by atoms with Gasteiger partial charge in [-0.2, -0.15) is 0 Å². The number of aromatic nitrogens is 2. The highest BCUT2D eigenvalue weighted by atomic mass is 16.2. The number of carbonyl (C=O) groups excluding carboxylic acids is 2. The number of amides is 2. The number of hydrogen-bond donors (Lipinski definition) is 0. The van der Waals surface area contributed by atoms with E-state index in [1.807, 2.05) is 53.4 Å². The summed E-state index contributed by atoms with van der Waals surface area (Å²) < 4.78 is 0. The molecular weight excluding hydrogens is 400 g/mol. The summed E-state index contributed by atoms with van der Waals surface area (Å²) in [5.74, 6) is 1.10. The van der Waals surface area contributed by atoms with Gasteiger partial charge >= 0.3 is 0 Å². The number of nitrogens with zero attached hydrogens (tertiary/aromatic N) is 4. The molecule has 6 heteroatoms. The van der Waals surface area contributed by atoms with Gasteiger partial charge in [-0.05, 0) is 55.4 Å². The number of rotatable bonds is 2. The molecule has 5 heterocycles. The first-order valence-corrected chi connectivity index (χ1v) is 11.6. The minimum absolute atomic E-state index is 0.0612. The predicted octanol–water partition coefficient (Wildman–Crippen LogP) is 3.77. The number of benzene rings is 1. The fourth-order valence-electron chi connectivity index (χ4n) is 5.94. The molecule has 0 radical (unpaired) electrons. The molecule has 0 N–H and O–H groups in total. The first kappa shape index (κ1) is 19.4. The molecule has 3 aliphatic rings. The van der Waals surface area contributed by atoms with E-state index in [2.05, 4.69) is 9.88 Å². The van der Waals surface area contributed by atoms with Crippen molar-refractivity contribution in [1.82, 2.24) is 19.8 Å². The van der Waals surface area contributed by atoms with Gasteiger partial charge in [-0.3, -0.25) is 14.6 Å². The molecule has 3 saturated heterocycles. The monoisotopic (exact) mass is 426 g/mol. The molecule has 1 aromatic carbocycles. The lowest BCUT2D eigenvalue weighted by Crippen LogP contribution is -2.61. The van der Waals surface area contributed by atoms with Crippen LogP contribution in [-0.2, 0) is 4.79 Å². The molecule has 0 saturated carbocycles. The molecular formula is C26H26N4O2. The third-order valence-corrected chi connectivity index (χ3v) is 7.34. The number of para-hydroxylation sites is 1. The quantitative estimate of drug-likeness (QED) is 0.626. The first-order valence-electron chi connectivity index (χ1n) is 11.6. The molecule has 3 aliphatic heterocycles. The molecule has 2 aromatic heterocycles. The van der Waals surface area contributed by atoms with E-state index in [0.717, 1.165) is 48.9 Å². The predicted molar refractivity (Wildman–Crippen MR) is 122 cm³/mol. The summed E-state index contributed by atoms with van der Waals surface area (Å²) in [5, 5.41) is 0.877. The maximum Gasteiger partial charge on any atom is 0.254 e. The Kier molecular flexibility index (Phi) is 4.67. The smallest absolute Gasteiger partial charge is 0.254 e. The summed E-state index contributed by atoms with van der Waals surface area (Å²) in [4.78, 5) is 39.7. The summed E-state index contributed by atoms with van der Waals surface area (Å²) in [6.45, 7) is 2.22. The molecule has 32 heavy (non-hydrogen) atoms. The maximum absolute atomic E-state index is 13.8. The molecule has 3 atom stereocenters. The maximum atomic E-state index is 13.8. The summed E-state index contributed by atoms with van der Waals surface area (Å²) in [6, 6.07) is 15.8. The average Bonchev–Trinajstić information content (AvgIpc) is 2.84. The van der Waals surface area contributed by atoms with Gasteiger partial charge in [0.15, 0.2) is 0 Å². The fraction of sp³-hybridized carbons (Fsp3) is 0.385.